The molecule has 1 N–H and O–H groups in total. The van der Waals surface area contributed by atoms with Gasteiger partial charge >= 0.3 is 0 Å². The number of amides is 2. The van der Waals surface area contributed by atoms with Gasteiger partial charge in [0.1, 0.15) is 0 Å². The molecule has 0 spiro atoms. The van der Waals surface area contributed by atoms with E-state index in [1.54, 1.807) is 6.20 Å². The number of carbonyl (C=O) groups excluding carboxylic acids is 2. The summed E-state index contributed by atoms with van der Waals surface area (Å²) in [5, 5.41) is 3.05. The first kappa shape index (κ1) is 14.6. The van der Waals surface area contributed by atoms with Crippen LogP contribution in [0.25, 0.3) is 0 Å². The molecule has 1 saturated carbocycles. The molecule has 4 rings (SSSR count). The van der Waals surface area contributed by atoms with E-state index in [0.717, 1.165) is 25.0 Å². The average Bonchev–Trinajstić information content (AvgIpc) is 3.10. The smallest absolute Gasteiger partial charge is 0.228 e. The van der Waals surface area contributed by atoms with Crippen LogP contribution in [0, 0.1) is 5.92 Å². The molecule has 6 heteroatoms. The second-order valence-corrected chi connectivity index (χ2v) is 6.62. The molecule has 23 heavy (non-hydrogen) atoms. The number of rotatable bonds is 4. The fourth-order valence-electron chi connectivity index (χ4n) is 3.58. The molecule has 1 aliphatic carbocycles. The summed E-state index contributed by atoms with van der Waals surface area (Å²) in [6.07, 6.45) is 4.76. The Morgan fingerprint density at radius 3 is 2.91 bits per heavy atom. The maximum atomic E-state index is 12.7. The summed E-state index contributed by atoms with van der Waals surface area (Å²) >= 11 is 0. The first-order valence-corrected chi connectivity index (χ1v) is 8.34. The van der Waals surface area contributed by atoms with E-state index in [1.165, 1.54) is 0 Å². The van der Waals surface area contributed by atoms with E-state index in [2.05, 4.69) is 10.3 Å². The number of nitrogens with zero attached hydrogens (tertiary/aromatic N) is 2. The largest absolute Gasteiger partial charge is 0.375 e. The molecular weight excluding hydrogens is 294 g/mol. The number of hydrogen-bond acceptors (Lipinski definition) is 4. The lowest BCUT2D eigenvalue weighted by molar-refractivity contribution is -0.131. The van der Waals surface area contributed by atoms with Crippen molar-refractivity contribution in [2.45, 2.75) is 43.9 Å². The van der Waals surface area contributed by atoms with Gasteiger partial charge in [0, 0.05) is 31.1 Å². The number of nitrogens with one attached hydrogen (secondary N) is 1. The Morgan fingerprint density at radius 1 is 1.30 bits per heavy atom. The Hall–Kier alpha value is -1.95. The van der Waals surface area contributed by atoms with Gasteiger partial charge in [-0.05, 0) is 31.4 Å². The second-order valence-electron chi connectivity index (χ2n) is 6.62. The van der Waals surface area contributed by atoms with Crippen LogP contribution in [0.1, 0.15) is 25.0 Å². The minimum Gasteiger partial charge on any atom is -0.375 e. The number of aromatic nitrogens is 1. The second kappa shape index (κ2) is 5.92. The third-order valence-corrected chi connectivity index (χ3v) is 4.93. The maximum Gasteiger partial charge on any atom is 0.228 e. The van der Waals surface area contributed by atoms with E-state index in [4.69, 9.17) is 4.74 Å². The van der Waals surface area contributed by atoms with Crippen molar-refractivity contribution >= 4 is 11.8 Å². The van der Waals surface area contributed by atoms with E-state index in [1.807, 2.05) is 23.1 Å². The summed E-state index contributed by atoms with van der Waals surface area (Å²) in [7, 11) is 0. The van der Waals surface area contributed by atoms with Gasteiger partial charge in [-0.1, -0.05) is 6.07 Å². The topological polar surface area (TPSA) is 71.5 Å². The molecule has 3 atom stereocenters. The summed E-state index contributed by atoms with van der Waals surface area (Å²) in [6.45, 7) is 1.08. The van der Waals surface area contributed by atoms with Gasteiger partial charge in [0.25, 0.3) is 0 Å². The summed E-state index contributed by atoms with van der Waals surface area (Å²) in [6, 6.07) is 5.94. The average molecular weight is 315 g/mol. The van der Waals surface area contributed by atoms with Crippen LogP contribution in [0.4, 0.5) is 0 Å². The van der Waals surface area contributed by atoms with Crippen molar-refractivity contribution in [1.82, 2.24) is 15.2 Å². The van der Waals surface area contributed by atoms with Gasteiger partial charge in [-0.3, -0.25) is 14.6 Å². The van der Waals surface area contributed by atoms with Gasteiger partial charge in [0.15, 0.2) is 0 Å². The maximum absolute atomic E-state index is 12.7. The molecule has 122 valence electrons. The van der Waals surface area contributed by atoms with Crippen molar-refractivity contribution < 1.29 is 14.3 Å². The standard InChI is InChI=1S/C17H21N3O3/c21-15(9-12-3-1-2-7-18-12)20-10-13(16-14(20)6-8-23-16)17(22)19-11-4-5-11/h1-3,7,11,13-14,16H,4-6,8-10H2,(H,19,22)/t13-,14-,16-/m1/s1. The normalized spacial score (nSPS) is 29.4. The quantitative estimate of drug-likeness (QED) is 0.879. The highest BCUT2D eigenvalue weighted by Gasteiger charge is 2.50. The number of pyridine rings is 1. The van der Waals surface area contributed by atoms with Crippen LogP contribution in [0.15, 0.2) is 24.4 Å². The Kier molecular flexibility index (Phi) is 3.77. The SMILES string of the molecule is O=C(NC1CC1)[C@@H]1CN(C(=O)Cc2ccccn2)[C@@H]2CCO[C@@H]21. The lowest BCUT2D eigenvalue weighted by Gasteiger charge is -2.22. The van der Waals surface area contributed by atoms with Crippen molar-refractivity contribution in [3.63, 3.8) is 0 Å². The van der Waals surface area contributed by atoms with Crippen molar-refractivity contribution in [2.75, 3.05) is 13.2 Å². The van der Waals surface area contributed by atoms with Crippen LogP contribution in [0.3, 0.4) is 0 Å². The van der Waals surface area contributed by atoms with E-state index >= 15 is 0 Å². The zero-order valence-corrected chi connectivity index (χ0v) is 13.0. The Labute approximate surface area is 135 Å². The first-order chi connectivity index (χ1) is 11.2. The van der Waals surface area contributed by atoms with Crippen LogP contribution >= 0.6 is 0 Å². The van der Waals surface area contributed by atoms with Gasteiger partial charge in [0.05, 0.1) is 24.5 Å². The van der Waals surface area contributed by atoms with E-state index in [-0.39, 0.29) is 36.3 Å². The predicted octanol–water partition coefficient (Wildman–Crippen LogP) is 0.519. The lowest BCUT2D eigenvalue weighted by Crippen LogP contribution is -2.39. The predicted molar refractivity (Wildman–Crippen MR) is 82.5 cm³/mol. The molecule has 1 aromatic rings. The van der Waals surface area contributed by atoms with Gasteiger partial charge in [-0.25, -0.2) is 0 Å². The van der Waals surface area contributed by atoms with E-state index < -0.39 is 0 Å². The van der Waals surface area contributed by atoms with Gasteiger partial charge in [-0.2, -0.15) is 0 Å². The molecule has 0 radical (unpaired) electrons. The molecule has 3 fully saturated rings. The minimum absolute atomic E-state index is 0.0289. The Bertz CT molecular complexity index is 602. The highest BCUT2D eigenvalue weighted by atomic mass is 16.5. The van der Waals surface area contributed by atoms with Crippen LogP contribution in [0.2, 0.25) is 0 Å². The number of ether oxygens (including phenoxy) is 1. The van der Waals surface area contributed by atoms with E-state index in [0.29, 0.717) is 19.2 Å². The molecule has 3 aliphatic rings. The monoisotopic (exact) mass is 315 g/mol. The van der Waals surface area contributed by atoms with Crippen LogP contribution in [0.5, 0.6) is 0 Å². The minimum atomic E-state index is -0.240. The van der Waals surface area contributed by atoms with E-state index in [9.17, 15) is 9.59 Å². The number of hydrogen-bond donors (Lipinski definition) is 1. The number of fused-ring (bicyclic) bond motifs is 1. The molecule has 2 aliphatic heterocycles. The molecule has 2 saturated heterocycles. The van der Waals surface area contributed by atoms with Gasteiger partial charge in [-0.15, -0.1) is 0 Å². The number of carbonyl (C=O) groups is 2. The Balaban J connectivity index is 1.45. The van der Waals surface area contributed by atoms with Crippen LogP contribution < -0.4 is 5.32 Å². The van der Waals surface area contributed by atoms with Crippen LogP contribution in [-0.2, 0) is 20.7 Å². The van der Waals surface area contributed by atoms with Crippen LogP contribution in [-0.4, -0.2) is 53.0 Å². The zero-order valence-electron chi connectivity index (χ0n) is 13.0. The fraction of sp³-hybridized carbons (Fsp3) is 0.588. The van der Waals surface area contributed by atoms with Gasteiger partial charge in [0.2, 0.25) is 11.8 Å². The van der Waals surface area contributed by atoms with Gasteiger partial charge < -0.3 is 15.0 Å². The first-order valence-electron chi connectivity index (χ1n) is 8.34. The molecule has 3 heterocycles. The van der Waals surface area contributed by atoms with Crippen molar-refractivity contribution in [3.8, 4) is 0 Å². The third-order valence-electron chi connectivity index (χ3n) is 4.93. The molecular formula is C17H21N3O3. The Morgan fingerprint density at radius 2 is 2.17 bits per heavy atom. The molecule has 1 aromatic heterocycles. The molecule has 0 aromatic carbocycles. The number of likely N-dealkylation sites (tertiary alicyclic amines) is 1. The van der Waals surface area contributed by atoms with Crippen molar-refractivity contribution in [1.29, 1.82) is 0 Å². The van der Waals surface area contributed by atoms with Crippen molar-refractivity contribution in [3.05, 3.63) is 30.1 Å². The highest BCUT2D eigenvalue weighted by molar-refractivity contribution is 5.84. The fourth-order valence-corrected chi connectivity index (χ4v) is 3.58. The summed E-state index contributed by atoms with van der Waals surface area (Å²) in [4.78, 5) is 31.1. The molecule has 0 bridgehead atoms. The molecule has 0 unspecified atom stereocenters. The molecule has 6 nitrogen and oxygen atoms in total. The summed E-state index contributed by atoms with van der Waals surface area (Å²) in [5.41, 5.74) is 0.763. The summed E-state index contributed by atoms with van der Waals surface area (Å²) in [5.74, 6) is -0.167. The summed E-state index contributed by atoms with van der Waals surface area (Å²) < 4.78 is 5.77. The highest BCUT2D eigenvalue weighted by Crippen LogP contribution is 2.34. The van der Waals surface area contributed by atoms with Crippen molar-refractivity contribution in [2.24, 2.45) is 5.92 Å². The zero-order chi connectivity index (χ0) is 15.8. The molecule has 2 amide bonds. The third kappa shape index (κ3) is 2.95. The lowest BCUT2D eigenvalue weighted by atomic mass is 10.0.